The Balaban J connectivity index is 0.000000180. The molecule has 204 valence electrons. The van der Waals surface area contributed by atoms with E-state index in [0.29, 0.717) is 0 Å². The number of carboxylic acid groups (broad SMARTS) is 1. The molecule has 3 aromatic rings. The number of rotatable bonds is 7. The van der Waals surface area contributed by atoms with Gasteiger partial charge in [-0.25, -0.2) is 14.2 Å². The van der Waals surface area contributed by atoms with Crippen molar-refractivity contribution in [2.45, 2.75) is 52.0 Å². The van der Waals surface area contributed by atoms with Crippen molar-refractivity contribution in [2.24, 2.45) is 11.8 Å². The van der Waals surface area contributed by atoms with Crippen LogP contribution >= 0.6 is 0 Å². The van der Waals surface area contributed by atoms with Crippen molar-refractivity contribution in [3.05, 3.63) is 59.5 Å². The lowest BCUT2D eigenvalue weighted by Crippen LogP contribution is -2.21. The number of nitrogens with zero attached hydrogens (tertiary/aromatic N) is 3. The molecule has 1 aromatic carbocycles. The zero-order valence-corrected chi connectivity index (χ0v) is 21.1. The number of fused-ring (bicyclic) bond motifs is 1. The smallest absolute Gasteiger partial charge is 0.387 e. The first kappa shape index (κ1) is 27.4. The Labute approximate surface area is 218 Å². The summed E-state index contributed by atoms with van der Waals surface area (Å²) in [4.78, 5) is 17.3. The van der Waals surface area contributed by atoms with Crippen molar-refractivity contribution in [3.63, 3.8) is 0 Å². The Morgan fingerprint density at radius 2 is 1.87 bits per heavy atom. The van der Waals surface area contributed by atoms with Crippen LogP contribution in [-0.2, 0) is 12.3 Å². The number of ether oxygens (including phenoxy) is 1. The van der Waals surface area contributed by atoms with E-state index < -0.39 is 24.9 Å². The molecular weight excluding hydrogens is 503 g/mol. The van der Waals surface area contributed by atoms with Crippen LogP contribution in [0, 0.1) is 11.8 Å². The second-order valence-electron chi connectivity index (χ2n) is 9.91. The van der Waals surface area contributed by atoms with Gasteiger partial charge in [-0.05, 0) is 62.8 Å². The standard InChI is InChI=1S/C14H14F3NO3.C13H16N2O2/c1-14(2,17)12-9(7-19)11(18-21-12)8-5-3-4-6-10(8)20-13(15)16;16-13(17)9-4-5-12(14-6-9)15-7-10-2-1-3-11(10)8-15/h3-6,13,19H,7H2,1-2H3;4-6,10-11H,1-3,7-8H2,(H,16,17)/t;10-,11+. The van der Waals surface area contributed by atoms with E-state index in [0.717, 1.165) is 30.7 Å². The number of aromatic nitrogens is 2. The van der Waals surface area contributed by atoms with E-state index in [1.807, 2.05) is 6.07 Å². The number of hydrogen-bond donors (Lipinski definition) is 2. The number of aromatic carboxylic acids is 1. The van der Waals surface area contributed by atoms with Gasteiger partial charge in [-0.1, -0.05) is 23.7 Å². The molecule has 5 rings (SSSR count). The van der Waals surface area contributed by atoms with E-state index in [-0.39, 0.29) is 33.9 Å². The van der Waals surface area contributed by atoms with Crippen LogP contribution in [0.3, 0.4) is 0 Å². The molecule has 2 aromatic heterocycles. The van der Waals surface area contributed by atoms with E-state index in [1.165, 1.54) is 57.5 Å². The number of aliphatic hydroxyl groups is 1. The topological polar surface area (TPSA) is 109 Å². The number of hydrogen-bond acceptors (Lipinski definition) is 7. The lowest BCUT2D eigenvalue weighted by Gasteiger charge is -2.18. The Kier molecular flexibility index (Phi) is 8.25. The third-order valence-electron chi connectivity index (χ3n) is 6.89. The number of pyridine rings is 1. The van der Waals surface area contributed by atoms with Gasteiger partial charge >= 0.3 is 12.6 Å². The van der Waals surface area contributed by atoms with Gasteiger partial charge in [0.2, 0.25) is 0 Å². The molecule has 0 amide bonds. The van der Waals surface area contributed by atoms with Crippen LogP contribution < -0.4 is 9.64 Å². The summed E-state index contributed by atoms with van der Waals surface area (Å²) in [6, 6.07) is 9.37. The van der Waals surface area contributed by atoms with Crippen molar-refractivity contribution in [2.75, 3.05) is 18.0 Å². The van der Waals surface area contributed by atoms with Crippen LogP contribution in [0.2, 0.25) is 0 Å². The first-order valence-corrected chi connectivity index (χ1v) is 12.4. The number of carboxylic acids is 1. The van der Waals surface area contributed by atoms with Gasteiger partial charge in [-0.3, -0.25) is 0 Å². The minimum atomic E-state index is -3.01. The Morgan fingerprint density at radius 1 is 1.18 bits per heavy atom. The molecule has 11 heteroatoms. The van der Waals surface area contributed by atoms with Crippen LogP contribution in [0.25, 0.3) is 11.3 Å². The fraction of sp³-hybridized carbons (Fsp3) is 0.444. The molecule has 3 heterocycles. The highest BCUT2D eigenvalue weighted by molar-refractivity contribution is 5.87. The fourth-order valence-corrected chi connectivity index (χ4v) is 5.12. The molecule has 8 nitrogen and oxygen atoms in total. The third-order valence-corrected chi connectivity index (χ3v) is 6.89. The largest absolute Gasteiger partial charge is 0.478 e. The van der Waals surface area contributed by atoms with Crippen LogP contribution in [0.4, 0.5) is 19.0 Å². The van der Waals surface area contributed by atoms with Crippen LogP contribution in [0.15, 0.2) is 47.1 Å². The van der Waals surface area contributed by atoms with E-state index in [2.05, 4.69) is 19.8 Å². The molecule has 1 saturated heterocycles. The lowest BCUT2D eigenvalue weighted by atomic mass is 9.99. The summed E-state index contributed by atoms with van der Waals surface area (Å²) in [5.41, 5.74) is -1.22. The molecule has 1 saturated carbocycles. The van der Waals surface area contributed by atoms with Crippen molar-refractivity contribution < 1.29 is 37.4 Å². The summed E-state index contributed by atoms with van der Waals surface area (Å²) in [7, 11) is 0. The molecule has 0 bridgehead atoms. The van der Waals surface area contributed by atoms with Crippen molar-refractivity contribution in [1.82, 2.24) is 10.1 Å². The van der Waals surface area contributed by atoms with E-state index >= 15 is 0 Å². The van der Waals surface area contributed by atoms with Crippen molar-refractivity contribution in [1.29, 1.82) is 0 Å². The van der Waals surface area contributed by atoms with Gasteiger partial charge in [0, 0.05) is 24.8 Å². The second-order valence-corrected chi connectivity index (χ2v) is 9.91. The summed E-state index contributed by atoms with van der Waals surface area (Å²) in [5.74, 6) is 1.39. The quantitative estimate of drug-likeness (QED) is 0.401. The van der Waals surface area contributed by atoms with Gasteiger partial charge in [-0.2, -0.15) is 8.78 Å². The Bertz CT molecular complexity index is 1230. The fourth-order valence-electron chi connectivity index (χ4n) is 5.12. The minimum Gasteiger partial charge on any atom is -0.478 e. The zero-order chi connectivity index (χ0) is 27.4. The first-order chi connectivity index (χ1) is 18.1. The minimum absolute atomic E-state index is 0.0782. The molecule has 2 N–H and O–H groups in total. The molecule has 0 spiro atoms. The van der Waals surface area contributed by atoms with Gasteiger partial charge in [0.25, 0.3) is 0 Å². The SMILES string of the molecule is CC(C)(F)c1onc(-c2ccccc2OC(F)F)c1CO.O=C(O)c1ccc(N2C[C@H]3CCC[C@H]3C2)nc1. The molecular formula is C27H30F3N3O5. The van der Waals surface area contributed by atoms with Crippen LogP contribution in [0.1, 0.15) is 54.8 Å². The number of alkyl halides is 3. The predicted octanol–water partition coefficient (Wildman–Crippen LogP) is 5.66. The predicted molar refractivity (Wildman–Crippen MR) is 133 cm³/mol. The molecule has 0 unspecified atom stereocenters. The van der Waals surface area contributed by atoms with E-state index in [9.17, 15) is 23.1 Å². The lowest BCUT2D eigenvalue weighted by molar-refractivity contribution is -0.0494. The highest BCUT2D eigenvalue weighted by atomic mass is 19.3. The van der Waals surface area contributed by atoms with Crippen molar-refractivity contribution >= 4 is 11.8 Å². The van der Waals surface area contributed by atoms with Gasteiger partial charge in [0.1, 0.15) is 17.3 Å². The molecule has 0 radical (unpaired) electrons. The molecule has 2 atom stereocenters. The number of anilines is 1. The summed E-state index contributed by atoms with van der Waals surface area (Å²) in [5, 5.41) is 21.9. The maximum Gasteiger partial charge on any atom is 0.387 e. The van der Waals surface area contributed by atoms with Crippen LogP contribution in [0.5, 0.6) is 5.75 Å². The summed E-state index contributed by atoms with van der Waals surface area (Å²) >= 11 is 0. The molecule has 1 aliphatic carbocycles. The number of halogens is 3. The summed E-state index contributed by atoms with van der Waals surface area (Å²) < 4.78 is 48.2. The second kappa shape index (κ2) is 11.4. The Morgan fingerprint density at radius 3 is 2.42 bits per heavy atom. The maximum atomic E-state index is 14.0. The van der Waals surface area contributed by atoms with Crippen LogP contribution in [-0.4, -0.2) is 46.0 Å². The molecule has 1 aliphatic heterocycles. The summed E-state index contributed by atoms with van der Waals surface area (Å²) in [6.45, 7) is 1.13. The molecule has 2 aliphatic rings. The van der Waals surface area contributed by atoms with Gasteiger partial charge in [0.15, 0.2) is 11.4 Å². The first-order valence-electron chi connectivity index (χ1n) is 12.4. The monoisotopic (exact) mass is 533 g/mol. The molecule has 38 heavy (non-hydrogen) atoms. The highest BCUT2D eigenvalue weighted by Gasteiger charge is 2.36. The van der Waals surface area contributed by atoms with Gasteiger partial charge in [0.05, 0.1) is 17.7 Å². The highest BCUT2D eigenvalue weighted by Crippen LogP contribution is 2.39. The number of benzene rings is 1. The molecule has 2 fully saturated rings. The number of aliphatic hydroxyl groups excluding tert-OH is 1. The average Bonchev–Trinajstić information content (AvgIpc) is 3.59. The van der Waals surface area contributed by atoms with E-state index in [1.54, 1.807) is 12.1 Å². The average molecular weight is 534 g/mol. The summed E-state index contributed by atoms with van der Waals surface area (Å²) in [6.07, 6.45) is 5.50. The van der Waals surface area contributed by atoms with E-state index in [4.69, 9.17) is 9.63 Å². The van der Waals surface area contributed by atoms with Crippen molar-refractivity contribution in [3.8, 4) is 17.0 Å². The normalized spacial score (nSPS) is 18.8. The number of carbonyl (C=O) groups is 1. The van der Waals surface area contributed by atoms with Gasteiger partial charge < -0.3 is 24.4 Å². The third kappa shape index (κ3) is 6.09. The maximum absolute atomic E-state index is 14.0. The number of para-hydroxylation sites is 1. The van der Waals surface area contributed by atoms with Gasteiger partial charge in [-0.15, -0.1) is 0 Å². The Hall–Kier alpha value is -3.60. The zero-order valence-electron chi connectivity index (χ0n) is 21.1.